The van der Waals surface area contributed by atoms with E-state index in [0.717, 1.165) is 11.3 Å². The molecular weight excluding hydrogens is 318 g/mol. The minimum absolute atomic E-state index is 0.0247. The fraction of sp³-hybridized carbons (Fsp3) is 0.556. The van der Waals surface area contributed by atoms with Crippen molar-refractivity contribution in [3.8, 4) is 0 Å². The highest BCUT2D eigenvalue weighted by Gasteiger charge is 2.36. The molecule has 1 fully saturated rings. The van der Waals surface area contributed by atoms with Crippen molar-refractivity contribution in [1.82, 2.24) is 4.72 Å². The van der Waals surface area contributed by atoms with Crippen LogP contribution in [0.4, 0.5) is 0 Å². The molecule has 1 aliphatic rings. The molecule has 2 rings (SSSR count). The van der Waals surface area contributed by atoms with Crippen LogP contribution >= 0.6 is 22.0 Å². The normalized spacial score (nSPS) is 18.8. The Bertz CT molecular complexity index is 645. The minimum atomic E-state index is -3.75. The highest BCUT2D eigenvalue weighted by molar-refractivity contribution is 8.15. The average molecular weight is 330 g/mol. The van der Waals surface area contributed by atoms with Crippen LogP contribution in [-0.2, 0) is 19.1 Å². The maximum absolute atomic E-state index is 11.7. The lowest BCUT2D eigenvalue weighted by atomic mass is 10.3. The van der Waals surface area contributed by atoms with Crippen molar-refractivity contribution in [1.29, 1.82) is 0 Å². The summed E-state index contributed by atoms with van der Waals surface area (Å²) in [6, 6.07) is 2.50. The first-order valence-corrected chi connectivity index (χ1v) is 9.93. The molecule has 1 aromatic heterocycles. The van der Waals surface area contributed by atoms with Gasteiger partial charge in [-0.1, -0.05) is 0 Å². The molecule has 0 amide bonds. The summed E-state index contributed by atoms with van der Waals surface area (Å²) in [5.74, 6) is 0. The Hall–Kier alpha value is -0.150. The van der Waals surface area contributed by atoms with Gasteiger partial charge in [-0.05, 0) is 31.9 Å². The standard InChI is InChI=1S/C9H12ClNO4S3/c1-6(11-18(14,15)7-2-3-7)8-4-5-9(16-8)17(10,12)13/h4-7,11H,2-3H2,1H3. The Morgan fingerprint density at radius 3 is 2.39 bits per heavy atom. The summed E-state index contributed by atoms with van der Waals surface area (Å²) in [7, 11) is -1.82. The van der Waals surface area contributed by atoms with Gasteiger partial charge in [-0.3, -0.25) is 0 Å². The first-order valence-electron chi connectivity index (χ1n) is 5.26. The molecule has 18 heavy (non-hydrogen) atoms. The molecule has 1 aromatic rings. The summed E-state index contributed by atoms with van der Waals surface area (Å²) < 4.78 is 48.2. The molecule has 0 bridgehead atoms. The highest BCUT2D eigenvalue weighted by atomic mass is 35.7. The van der Waals surface area contributed by atoms with Crippen molar-refractivity contribution < 1.29 is 16.8 Å². The van der Waals surface area contributed by atoms with Gasteiger partial charge in [0, 0.05) is 15.6 Å². The number of hydrogen-bond acceptors (Lipinski definition) is 5. The maximum atomic E-state index is 11.7. The monoisotopic (exact) mass is 329 g/mol. The van der Waals surface area contributed by atoms with Crippen LogP contribution in [0.2, 0.25) is 0 Å². The van der Waals surface area contributed by atoms with Crippen LogP contribution in [0, 0.1) is 0 Å². The number of nitrogens with one attached hydrogen (secondary N) is 1. The van der Waals surface area contributed by atoms with E-state index in [2.05, 4.69) is 4.72 Å². The fourth-order valence-electron chi connectivity index (χ4n) is 1.48. The van der Waals surface area contributed by atoms with Crippen molar-refractivity contribution >= 4 is 41.1 Å². The zero-order chi connectivity index (χ0) is 13.6. The van der Waals surface area contributed by atoms with Gasteiger partial charge < -0.3 is 0 Å². The van der Waals surface area contributed by atoms with Crippen LogP contribution in [0.15, 0.2) is 16.3 Å². The Kier molecular flexibility index (Phi) is 3.76. The number of sulfonamides is 1. The van der Waals surface area contributed by atoms with Crippen molar-refractivity contribution in [2.24, 2.45) is 0 Å². The molecule has 102 valence electrons. The Labute approximate surface area is 115 Å². The summed E-state index contributed by atoms with van der Waals surface area (Å²) in [6.45, 7) is 1.68. The summed E-state index contributed by atoms with van der Waals surface area (Å²) >= 11 is 0.974. The average Bonchev–Trinajstić information content (AvgIpc) is 2.94. The van der Waals surface area contributed by atoms with Crippen LogP contribution in [0.3, 0.4) is 0 Å². The van der Waals surface area contributed by atoms with Crippen molar-refractivity contribution in [3.63, 3.8) is 0 Å². The Morgan fingerprint density at radius 2 is 1.94 bits per heavy atom. The molecule has 9 heteroatoms. The SMILES string of the molecule is CC(NS(=O)(=O)C1CC1)c1ccc(S(=O)(=O)Cl)s1. The predicted molar refractivity (Wildman–Crippen MR) is 70.9 cm³/mol. The third-order valence-corrected chi connectivity index (χ3v) is 7.97. The zero-order valence-corrected chi connectivity index (χ0v) is 12.7. The molecule has 1 atom stereocenters. The molecule has 0 radical (unpaired) electrons. The second-order valence-electron chi connectivity index (χ2n) is 4.18. The lowest BCUT2D eigenvalue weighted by Gasteiger charge is -2.11. The van der Waals surface area contributed by atoms with Crippen LogP contribution in [0.5, 0.6) is 0 Å². The topological polar surface area (TPSA) is 80.3 Å². The highest BCUT2D eigenvalue weighted by Crippen LogP contribution is 2.32. The predicted octanol–water partition coefficient (Wildman–Crippen LogP) is 1.82. The minimum Gasteiger partial charge on any atom is -0.212 e. The smallest absolute Gasteiger partial charge is 0.212 e. The van der Waals surface area contributed by atoms with E-state index in [9.17, 15) is 16.8 Å². The van der Waals surface area contributed by atoms with Gasteiger partial charge in [-0.25, -0.2) is 21.6 Å². The molecule has 5 nitrogen and oxygen atoms in total. The number of rotatable bonds is 5. The van der Waals surface area contributed by atoms with Gasteiger partial charge in [0.1, 0.15) is 4.21 Å². The van der Waals surface area contributed by atoms with E-state index in [4.69, 9.17) is 10.7 Å². The second kappa shape index (κ2) is 4.75. The van der Waals surface area contributed by atoms with Gasteiger partial charge in [0.2, 0.25) is 10.0 Å². The molecular formula is C9H12ClNO4S3. The van der Waals surface area contributed by atoms with Crippen LogP contribution in [0.1, 0.15) is 30.7 Å². The van der Waals surface area contributed by atoms with E-state index < -0.39 is 25.1 Å². The molecule has 0 aromatic carbocycles. The number of halogens is 1. The fourth-order valence-corrected chi connectivity index (χ4v) is 5.22. The first kappa shape index (κ1) is 14.3. The van der Waals surface area contributed by atoms with Gasteiger partial charge in [-0.2, -0.15) is 0 Å². The van der Waals surface area contributed by atoms with Crippen LogP contribution in [0.25, 0.3) is 0 Å². The van der Waals surface area contributed by atoms with Crippen LogP contribution in [-0.4, -0.2) is 22.1 Å². The molecule has 1 heterocycles. The first-order chi connectivity index (χ1) is 8.20. The van der Waals surface area contributed by atoms with Gasteiger partial charge in [0.15, 0.2) is 0 Å². The summed E-state index contributed by atoms with van der Waals surface area (Å²) in [5, 5.41) is -0.295. The lowest BCUT2D eigenvalue weighted by molar-refractivity contribution is 0.567. The van der Waals surface area contributed by atoms with Crippen LogP contribution < -0.4 is 4.72 Å². The van der Waals surface area contributed by atoms with Crippen molar-refractivity contribution in [2.75, 3.05) is 0 Å². The number of hydrogen-bond donors (Lipinski definition) is 1. The third kappa shape index (κ3) is 3.24. The van der Waals surface area contributed by atoms with Gasteiger partial charge in [-0.15, -0.1) is 11.3 Å². The number of thiophene rings is 1. The molecule has 1 N–H and O–H groups in total. The molecule has 0 spiro atoms. The van der Waals surface area contributed by atoms with Crippen molar-refractivity contribution in [2.45, 2.75) is 35.3 Å². The zero-order valence-electron chi connectivity index (χ0n) is 9.46. The largest absolute Gasteiger partial charge is 0.270 e. The Morgan fingerprint density at radius 1 is 1.33 bits per heavy atom. The third-order valence-electron chi connectivity index (χ3n) is 2.57. The van der Waals surface area contributed by atoms with Gasteiger partial charge in [0.05, 0.1) is 11.3 Å². The van der Waals surface area contributed by atoms with Gasteiger partial charge in [0.25, 0.3) is 9.05 Å². The summed E-state index contributed by atoms with van der Waals surface area (Å²) in [4.78, 5) is 0.624. The molecule has 1 saturated carbocycles. The maximum Gasteiger partial charge on any atom is 0.270 e. The van der Waals surface area contributed by atoms with E-state index in [0.29, 0.717) is 17.7 Å². The van der Waals surface area contributed by atoms with E-state index in [1.54, 1.807) is 13.0 Å². The quantitative estimate of drug-likeness (QED) is 0.835. The summed E-state index contributed by atoms with van der Waals surface area (Å²) in [5.41, 5.74) is 0. The van der Waals surface area contributed by atoms with E-state index in [1.165, 1.54) is 6.07 Å². The molecule has 1 unspecified atom stereocenters. The summed E-state index contributed by atoms with van der Waals surface area (Å²) in [6.07, 6.45) is 1.38. The molecule has 0 saturated heterocycles. The Balaban J connectivity index is 2.14. The molecule has 0 aliphatic heterocycles. The van der Waals surface area contributed by atoms with Crippen molar-refractivity contribution in [3.05, 3.63) is 17.0 Å². The van der Waals surface area contributed by atoms with E-state index >= 15 is 0 Å². The molecule has 1 aliphatic carbocycles. The second-order valence-corrected chi connectivity index (χ2v) is 10.1. The van der Waals surface area contributed by atoms with E-state index in [1.807, 2.05) is 0 Å². The van der Waals surface area contributed by atoms with E-state index in [-0.39, 0.29) is 9.46 Å². The lowest BCUT2D eigenvalue weighted by Crippen LogP contribution is -2.29. The van der Waals surface area contributed by atoms with Gasteiger partial charge >= 0.3 is 0 Å².